The van der Waals surface area contributed by atoms with Crippen molar-refractivity contribution in [1.82, 2.24) is 4.90 Å². The zero-order valence-electron chi connectivity index (χ0n) is 10.8. The van der Waals surface area contributed by atoms with Gasteiger partial charge in [-0.1, -0.05) is 25.5 Å². The number of hydrogen-bond donors (Lipinski definition) is 1. The molecular weight excluding hydrogens is 212 g/mol. The molecule has 3 nitrogen and oxygen atoms in total. The van der Waals surface area contributed by atoms with Crippen molar-refractivity contribution in [3.8, 4) is 0 Å². The topological polar surface area (TPSA) is 46.3 Å². The van der Waals surface area contributed by atoms with Crippen molar-refractivity contribution >= 4 is 5.91 Å². The van der Waals surface area contributed by atoms with E-state index < -0.39 is 0 Å². The Hall–Kier alpha value is -1.35. The van der Waals surface area contributed by atoms with E-state index >= 15 is 0 Å². The first-order valence-corrected chi connectivity index (χ1v) is 6.31. The Morgan fingerprint density at radius 3 is 2.35 bits per heavy atom. The second-order valence-corrected chi connectivity index (χ2v) is 4.14. The molecule has 0 aromatic heterocycles. The van der Waals surface area contributed by atoms with Crippen LogP contribution in [0.3, 0.4) is 0 Å². The third-order valence-corrected chi connectivity index (χ3v) is 2.89. The molecule has 17 heavy (non-hydrogen) atoms. The Balaban J connectivity index is 2.71. The smallest absolute Gasteiger partial charge is 0.253 e. The van der Waals surface area contributed by atoms with Gasteiger partial charge in [0.2, 0.25) is 0 Å². The van der Waals surface area contributed by atoms with Crippen molar-refractivity contribution in [2.24, 2.45) is 5.73 Å². The molecule has 2 N–H and O–H groups in total. The normalized spacial score (nSPS) is 10.3. The fourth-order valence-electron chi connectivity index (χ4n) is 1.72. The van der Waals surface area contributed by atoms with Crippen LogP contribution in [0.15, 0.2) is 24.3 Å². The molecule has 1 amide bonds. The van der Waals surface area contributed by atoms with Crippen LogP contribution >= 0.6 is 0 Å². The average Bonchev–Trinajstić information content (AvgIpc) is 2.39. The Kier molecular flexibility index (Phi) is 5.70. The number of rotatable bonds is 6. The fraction of sp³-hybridized carbons (Fsp3) is 0.500. The molecule has 1 aromatic carbocycles. The Morgan fingerprint density at radius 1 is 1.24 bits per heavy atom. The summed E-state index contributed by atoms with van der Waals surface area (Å²) in [4.78, 5) is 14.1. The van der Waals surface area contributed by atoms with Gasteiger partial charge in [0.1, 0.15) is 0 Å². The number of hydrogen-bond acceptors (Lipinski definition) is 2. The van der Waals surface area contributed by atoms with Gasteiger partial charge in [-0.25, -0.2) is 0 Å². The average molecular weight is 234 g/mol. The van der Waals surface area contributed by atoms with Crippen molar-refractivity contribution in [1.29, 1.82) is 0 Å². The molecule has 3 heteroatoms. The molecule has 0 unspecified atom stereocenters. The van der Waals surface area contributed by atoms with Crippen molar-refractivity contribution in [3.63, 3.8) is 0 Å². The minimum absolute atomic E-state index is 0.115. The zero-order valence-corrected chi connectivity index (χ0v) is 10.8. The number of nitrogens with two attached hydrogens (primary N) is 1. The molecule has 0 aliphatic carbocycles. The highest BCUT2D eigenvalue weighted by Crippen LogP contribution is 2.08. The summed E-state index contributed by atoms with van der Waals surface area (Å²) < 4.78 is 0. The van der Waals surface area contributed by atoms with E-state index in [1.165, 1.54) is 0 Å². The molecule has 0 atom stereocenters. The van der Waals surface area contributed by atoms with Crippen molar-refractivity contribution in [2.75, 3.05) is 13.1 Å². The molecule has 0 radical (unpaired) electrons. The standard InChI is InChI=1S/C14H22N2O/c1-3-5-10-16(4-2)14(17)13-8-6-12(11-15)7-9-13/h6-9H,3-5,10-11,15H2,1-2H3. The van der Waals surface area contributed by atoms with E-state index in [9.17, 15) is 4.79 Å². The minimum atomic E-state index is 0.115. The molecule has 94 valence electrons. The first-order valence-electron chi connectivity index (χ1n) is 6.31. The van der Waals surface area contributed by atoms with Crippen molar-refractivity contribution < 1.29 is 4.79 Å². The van der Waals surface area contributed by atoms with E-state index in [1.54, 1.807) is 0 Å². The number of unbranched alkanes of at least 4 members (excludes halogenated alkanes) is 1. The number of nitrogens with zero attached hydrogens (tertiary/aromatic N) is 1. The van der Waals surface area contributed by atoms with Crippen LogP contribution in [0.1, 0.15) is 42.6 Å². The molecule has 0 saturated heterocycles. The molecule has 0 heterocycles. The van der Waals surface area contributed by atoms with E-state index in [0.717, 1.165) is 37.1 Å². The maximum absolute atomic E-state index is 12.2. The predicted octanol–water partition coefficient (Wildman–Crippen LogP) is 2.41. The van der Waals surface area contributed by atoms with Gasteiger partial charge in [-0.2, -0.15) is 0 Å². The van der Waals surface area contributed by atoms with Gasteiger partial charge < -0.3 is 10.6 Å². The first-order chi connectivity index (χ1) is 8.22. The Labute approximate surface area is 104 Å². The van der Waals surface area contributed by atoms with Gasteiger partial charge in [0.25, 0.3) is 5.91 Å². The summed E-state index contributed by atoms with van der Waals surface area (Å²) in [6.07, 6.45) is 2.16. The van der Waals surface area contributed by atoms with E-state index in [2.05, 4.69) is 6.92 Å². The number of benzene rings is 1. The summed E-state index contributed by atoms with van der Waals surface area (Å²) in [6, 6.07) is 7.56. The molecule has 0 aliphatic rings. The molecule has 0 fully saturated rings. The SMILES string of the molecule is CCCCN(CC)C(=O)c1ccc(CN)cc1. The molecule has 1 rings (SSSR count). The summed E-state index contributed by atoms with van der Waals surface area (Å²) in [6.45, 7) is 6.26. The zero-order chi connectivity index (χ0) is 12.7. The Morgan fingerprint density at radius 2 is 1.88 bits per heavy atom. The van der Waals surface area contributed by atoms with Gasteiger partial charge in [-0.15, -0.1) is 0 Å². The van der Waals surface area contributed by atoms with Crippen LogP contribution in [0, 0.1) is 0 Å². The van der Waals surface area contributed by atoms with Gasteiger partial charge >= 0.3 is 0 Å². The van der Waals surface area contributed by atoms with E-state index in [1.807, 2.05) is 36.1 Å². The number of amides is 1. The van der Waals surface area contributed by atoms with E-state index in [-0.39, 0.29) is 5.91 Å². The summed E-state index contributed by atoms with van der Waals surface area (Å²) in [5.74, 6) is 0.115. The lowest BCUT2D eigenvalue weighted by Gasteiger charge is -2.20. The quantitative estimate of drug-likeness (QED) is 0.821. The van der Waals surface area contributed by atoms with Gasteiger partial charge in [0.15, 0.2) is 0 Å². The lowest BCUT2D eigenvalue weighted by Crippen LogP contribution is -2.31. The van der Waals surface area contributed by atoms with Crippen molar-refractivity contribution in [3.05, 3.63) is 35.4 Å². The van der Waals surface area contributed by atoms with Gasteiger partial charge in [-0.3, -0.25) is 4.79 Å². The summed E-state index contributed by atoms with van der Waals surface area (Å²) in [5, 5.41) is 0. The van der Waals surface area contributed by atoms with Crippen molar-refractivity contribution in [2.45, 2.75) is 33.2 Å². The summed E-state index contributed by atoms with van der Waals surface area (Å²) >= 11 is 0. The van der Waals surface area contributed by atoms with Gasteiger partial charge in [0.05, 0.1) is 0 Å². The van der Waals surface area contributed by atoms with Crippen LogP contribution in [0.25, 0.3) is 0 Å². The molecule has 0 saturated carbocycles. The molecule has 0 bridgehead atoms. The molecule has 0 spiro atoms. The lowest BCUT2D eigenvalue weighted by molar-refractivity contribution is 0.0762. The fourth-order valence-corrected chi connectivity index (χ4v) is 1.72. The second-order valence-electron chi connectivity index (χ2n) is 4.14. The van der Waals surface area contributed by atoms with Crippen LogP contribution in [0.5, 0.6) is 0 Å². The van der Waals surface area contributed by atoms with Crippen LogP contribution < -0.4 is 5.73 Å². The van der Waals surface area contributed by atoms with Gasteiger partial charge in [-0.05, 0) is 31.0 Å². The van der Waals surface area contributed by atoms with Crippen LogP contribution in [0.4, 0.5) is 0 Å². The Bertz CT molecular complexity index is 346. The monoisotopic (exact) mass is 234 g/mol. The van der Waals surface area contributed by atoms with Crippen LogP contribution in [-0.2, 0) is 6.54 Å². The third kappa shape index (κ3) is 3.86. The first kappa shape index (κ1) is 13.7. The highest BCUT2D eigenvalue weighted by molar-refractivity contribution is 5.94. The highest BCUT2D eigenvalue weighted by atomic mass is 16.2. The maximum atomic E-state index is 12.2. The summed E-state index contributed by atoms with van der Waals surface area (Å²) in [5.41, 5.74) is 7.34. The molecular formula is C14H22N2O. The number of carbonyl (C=O) groups excluding carboxylic acids is 1. The predicted molar refractivity (Wildman–Crippen MR) is 70.8 cm³/mol. The minimum Gasteiger partial charge on any atom is -0.339 e. The largest absolute Gasteiger partial charge is 0.339 e. The maximum Gasteiger partial charge on any atom is 0.253 e. The molecule has 1 aromatic rings. The lowest BCUT2D eigenvalue weighted by atomic mass is 10.1. The van der Waals surface area contributed by atoms with Crippen LogP contribution in [-0.4, -0.2) is 23.9 Å². The molecule has 0 aliphatic heterocycles. The van der Waals surface area contributed by atoms with E-state index in [4.69, 9.17) is 5.73 Å². The van der Waals surface area contributed by atoms with Crippen LogP contribution in [0.2, 0.25) is 0 Å². The number of carbonyl (C=O) groups is 1. The van der Waals surface area contributed by atoms with E-state index in [0.29, 0.717) is 6.54 Å². The third-order valence-electron chi connectivity index (χ3n) is 2.89. The highest BCUT2D eigenvalue weighted by Gasteiger charge is 2.12. The summed E-state index contributed by atoms with van der Waals surface area (Å²) in [7, 11) is 0. The second kappa shape index (κ2) is 7.07. The van der Waals surface area contributed by atoms with Gasteiger partial charge in [0, 0.05) is 25.2 Å².